The van der Waals surface area contributed by atoms with E-state index < -0.39 is 14.3 Å². The Hall–Kier alpha value is -1.07. The van der Waals surface area contributed by atoms with Crippen LogP contribution >= 0.6 is 10.7 Å². The van der Waals surface area contributed by atoms with Gasteiger partial charge in [-0.2, -0.15) is 0 Å². The van der Waals surface area contributed by atoms with Crippen molar-refractivity contribution in [2.75, 3.05) is 11.4 Å². The number of hydrogen-bond donors (Lipinski definition) is 0. The summed E-state index contributed by atoms with van der Waals surface area (Å²) >= 11 is 0. The minimum Gasteiger partial charge on any atom is -0.311 e. The van der Waals surface area contributed by atoms with E-state index in [4.69, 9.17) is 10.7 Å². The molecule has 2 rings (SSSR count). The number of benzene rings is 1. The Morgan fingerprint density at radius 2 is 2.00 bits per heavy atom. The summed E-state index contributed by atoms with van der Waals surface area (Å²) in [5, 5.41) is -0.813. The third-order valence-corrected chi connectivity index (χ3v) is 5.01. The maximum atomic E-state index is 11.9. The van der Waals surface area contributed by atoms with Crippen LogP contribution in [0.4, 0.5) is 5.69 Å². The molecule has 1 heterocycles. The summed E-state index contributed by atoms with van der Waals surface area (Å²) in [6, 6.07) is 5.76. The minimum absolute atomic E-state index is 0.0424. The van der Waals surface area contributed by atoms with Crippen molar-refractivity contribution in [3.63, 3.8) is 0 Å². The van der Waals surface area contributed by atoms with Gasteiger partial charge in [0.25, 0.3) is 0 Å². The highest BCUT2D eigenvalue weighted by molar-refractivity contribution is 8.14. The van der Waals surface area contributed by atoms with Crippen LogP contribution in [0.15, 0.2) is 18.2 Å². The van der Waals surface area contributed by atoms with Crippen molar-refractivity contribution in [1.29, 1.82) is 0 Å². The lowest BCUT2D eigenvalue weighted by atomic mass is 10.1. The molecule has 0 N–H and O–H groups in total. The first-order chi connectivity index (χ1) is 8.29. The summed E-state index contributed by atoms with van der Waals surface area (Å²) in [6.45, 7) is 3.96. The lowest BCUT2D eigenvalue weighted by Crippen LogP contribution is -2.27. The molecular weight excluding hydrogens is 274 g/mol. The van der Waals surface area contributed by atoms with Crippen LogP contribution in [0, 0.1) is 13.8 Å². The second-order valence-corrected chi connectivity index (χ2v) is 7.50. The Bertz CT molecular complexity index is 597. The van der Waals surface area contributed by atoms with E-state index in [1.54, 1.807) is 0 Å². The number of nitrogens with zero attached hydrogens (tertiary/aromatic N) is 1. The molecule has 1 aliphatic heterocycles. The number of amides is 1. The highest BCUT2D eigenvalue weighted by Gasteiger charge is 2.38. The minimum atomic E-state index is -3.69. The average molecular weight is 288 g/mol. The second-order valence-electron chi connectivity index (χ2n) is 4.60. The molecule has 4 nitrogen and oxygen atoms in total. The molecule has 0 bridgehead atoms. The zero-order chi connectivity index (χ0) is 13.5. The molecule has 0 spiro atoms. The van der Waals surface area contributed by atoms with Crippen molar-refractivity contribution in [1.82, 2.24) is 0 Å². The first-order valence-corrected chi connectivity index (χ1v) is 7.97. The number of carbonyl (C=O) groups excluding carboxylic acids is 1. The largest absolute Gasteiger partial charge is 0.311 e. The maximum absolute atomic E-state index is 11.9. The quantitative estimate of drug-likeness (QED) is 0.782. The highest BCUT2D eigenvalue weighted by atomic mass is 35.7. The number of carbonyl (C=O) groups is 1. The van der Waals surface area contributed by atoms with Crippen molar-refractivity contribution >= 4 is 31.3 Å². The standard InChI is InChI=1S/C12H14ClNO3S/c1-8-3-4-9(2)11(5-8)14-7-10(6-12(14)15)18(13,16)17/h3-5,10H,6-7H2,1-2H3. The average Bonchev–Trinajstić information content (AvgIpc) is 2.64. The van der Waals surface area contributed by atoms with Crippen LogP contribution in [0.3, 0.4) is 0 Å². The SMILES string of the molecule is Cc1ccc(C)c(N2CC(S(=O)(=O)Cl)CC2=O)c1. The van der Waals surface area contributed by atoms with Crippen LogP contribution in [0.5, 0.6) is 0 Å². The molecule has 18 heavy (non-hydrogen) atoms. The molecule has 6 heteroatoms. The van der Waals surface area contributed by atoms with Gasteiger partial charge in [0, 0.05) is 29.3 Å². The molecule has 1 atom stereocenters. The predicted molar refractivity (Wildman–Crippen MR) is 71.4 cm³/mol. The van der Waals surface area contributed by atoms with Gasteiger partial charge in [-0.25, -0.2) is 8.42 Å². The van der Waals surface area contributed by atoms with Gasteiger partial charge in [-0.05, 0) is 31.0 Å². The van der Waals surface area contributed by atoms with Gasteiger partial charge in [0.2, 0.25) is 15.0 Å². The zero-order valence-electron chi connectivity index (χ0n) is 10.2. The Kier molecular flexibility index (Phi) is 3.38. The third kappa shape index (κ3) is 2.52. The van der Waals surface area contributed by atoms with Crippen molar-refractivity contribution in [2.24, 2.45) is 0 Å². The van der Waals surface area contributed by atoms with Crippen LogP contribution in [-0.2, 0) is 13.8 Å². The molecule has 0 aliphatic carbocycles. The monoisotopic (exact) mass is 287 g/mol. The van der Waals surface area contributed by atoms with Crippen molar-refractivity contribution in [2.45, 2.75) is 25.5 Å². The van der Waals surface area contributed by atoms with Crippen molar-refractivity contribution in [3.8, 4) is 0 Å². The summed E-state index contributed by atoms with van der Waals surface area (Å²) < 4.78 is 22.6. The Balaban J connectivity index is 2.35. The summed E-state index contributed by atoms with van der Waals surface area (Å²) in [4.78, 5) is 13.4. The zero-order valence-corrected chi connectivity index (χ0v) is 11.8. The van der Waals surface area contributed by atoms with E-state index in [0.717, 1.165) is 16.8 Å². The Morgan fingerprint density at radius 1 is 1.33 bits per heavy atom. The number of rotatable bonds is 2. The number of anilines is 1. The lowest BCUT2D eigenvalue weighted by molar-refractivity contribution is -0.117. The van der Waals surface area contributed by atoms with E-state index in [9.17, 15) is 13.2 Å². The van der Waals surface area contributed by atoms with Crippen LogP contribution in [0.2, 0.25) is 0 Å². The van der Waals surface area contributed by atoms with Crippen molar-refractivity contribution in [3.05, 3.63) is 29.3 Å². The Labute approximate surface area is 111 Å². The molecule has 0 aromatic heterocycles. The van der Waals surface area contributed by atoms with Crippen LogP contribution in [0.1, 0.15) is 17.5 Å². The van der Waals surface area contributed by atoms with Gasteiger partial charge in [-0.3, -0.25) is 4.79 Å². The van der Waals surface area contributed by atoms with E-state index in [0.29, 0.717) is 0 Å². The van der Waals surface area contributed by atoms with Crippen LogP contribution in [0.25, 0.3) is 0 Å². The molecule has 1 aromatic carbocycles. The summed E-state index contributed by atoms with van der Waals surface area (Å²) in [7, 11) is 1.63. The third-order valence-electron chi connectivity index (χ3n) is 3.14. The maximum Gasteiger partial charge on any atom is 0.237 e. The fourth-order valence-corrected chi connectivity index (χ4v) is 3.13. The van der Waals surface area contributed by atoms with Gasteiger partial charge in [0.05, 0.1) is 0 Å². The molecule has 0 saturated carbocycles. The van der Waals surface area contributed by atoms with Gasteiger partial charge in [0.1, 0.15) is 5.25 Å². The first kappa shape index (κ1) is 13.4. The van der Waals surface area contributed by atoms with Crippen LogP contribution < -0.4 is 4.90 Å². The van der Waals surface area contributed by atoms with Gasteiger partial charge in [0.15, 0.2) is 0 Å². The molecular formula is C12H14ClNO3S. The smallest absolute Gasteiger partial charge is 0.237 e. The Morgan fingerprint density at radius 3 is 2.56 bits per heavy atom. The normalized spacial score (nSPS) is 20.5. The van der Waals surface area contributed by atoms with Gasteiger partial charge in [-0.15, -0.1) is 0 Å². The molecule has 1 aromatic rings. The predicted octanol–water partition coefficient (Wildman–Crippen LogP) is 1.98. The van der Waals surface area contributed by atoms with E-state index in [1.165, 1.54) is 4.90 Å². The summed E-state index contributed by atoms with van der Waals surface area (Å²) in [6.07, 6.45) is -0.0424. The molecule has 1 fully saturated rings. The molecule has 1 saturated heterocycles. The van der Waals surface area contributed by atoms with Gasteiger partial charge < -0.3 is 4.90 Å². The van der Waals surface area contributed by atoms with E-state index in [1.807, 2.05) is 32.0 Å². The first-order valence-electron chi connectivity index (χ1n) is 5.60. The fourth-order valence-electron chi connectivity index (χ4n) is 2.11. The number of hydrogen-bond acceptors (Lipinski definition) is 3. The lowest BCUT2D eigenvalue weighted by Gasteiger charge is -2.19. The van der Waals surface area contributed by atoms with E-state index >= 15 is 0 Å². The molecule has 0 radical (unpaired) electrons. The fraction of sp³-hybridized carbons (Fsp3) is 0.417. The van der Waals surface area contributed by atoms with Crippen molar-refractivity contribution < 1.29 is 13.2 Å². The summed E-state index contributed by atoms with van der Waals surface area (Å²) in [5.74, 6) is -0.196. The highest BCUT2D eigenvalue weighted by Crippen LogP contribution is 2.29. The summed E-state index contributed by atoms with van der Waals surface area (Å²) in [5.41, 5.74) is 2.74. The van der Waals surface area contributed by atoms with Gasteiger partial charge >= 0.3 is 0 Å². The molecule has 1 amide bonds. The molecule has 98 valence electrons. The second kappa shape index (κ2) is 4.55. The molecule has 1 unspecified atom stereocenters. The van der Waals surface area contributed by atoms with Gasteiger partial charge in [-0.1, -0.05) is 12.1 Å². The van der Waals surface area contributed by atoms with E-state index in [2.05, 4.69) is 0 Å². The topological polar surface area (TPSA) is 54.5 Å². The van der Waals surface area contributed by atoms with E-state index in [-0.39, 0.29) is 18.9 Å². The number of aryl methyl sites for hydroxylation is 2. The number of halogens is 1. The molecule has 1 aliphatic rings. The van der Waals surface area contributed by atoms with Crippen LogP contribution in [-0.4, -0.2) is 26.1 Å².